The highest BCUT2D eigenvalue weighted by atomic mass is 35.5. The highest BCUT2D eigenvalue weighted by Gasteiger charge is 2.67. The van der Waals surface area contributed by atoms with Crippen LogP contribution in [0.5, 0.6) is 0 Å². The molecule has 0 saturated heterocycles. The van der Waals surface area contributed by atoms with Crippen LogP contribution in [0.25, 0.3) is 22.0 Å². The molecule has 0 radical (unpaired) electrons. The Morgan fingerprint density at radius 1 is 0.985 bits per heavy atom. The van der Waals surface area contributed by atoms with Crippen LogP contribution in [0.3, 0.4) is 0 Å². The molecule has 3 aromatic heterocycles. The van der Waals surface area contributed by atoms with Gasteiger partial charge in [-0.15, -0.1) is 0 Å². The van der Waals surface area contributed by atoms with E-state index >= 15 is 8.78 Å². The molecule has 0 amide bonds. The summed E-state index contributed by atoms with van der Waals surface area (Å²) in [4.78, 5) is 19.1. The van der Waals surface area contributed by atoms with E-state index in [2.05, 4.69) is 16.9 Å². The molecule has 0 unspecified atom stereocenters. The first kappa shape index (κ1) is 45.4. The minimum Gasteiger partial charge on any atom is -0.338 e. The number of carbonyl (C=O) groups excluding carboxylic acids is 1. The molecular formula is C46H42ClF7N4O5S2. The minimum absolute atomic E-state index is 0.0176. The average Bonchev–Trinajstić information content (AvgIpc) is 4.11. The zero-order chi connectivity index (χ0) is 46.8. The fourth-order valence-electron chi connectivity index (χ4n) is 9.42. The lowest BCUT2D eigenvalue weighted by Crippen LogP contribution is -2.33. The number of rotatable bonds is 14. The largest absolute Gasteiger partial charge is 0.418 e. The summed E-state index contributed by atoms with van der Waals surface area (Å²) in [6.07, 6.45) is -2.83. The monoisotopic (exact) mass is 962 g/mol. The van der Waals surface area contributed by atoms with Gasteiger partial charge >= 0.3 is 6.18 Å². The number of sulfone groups is 2. The first-order valence-electron chi connectivity index (χ1n) is 21.1. The topological polar surface area (TPSA) is 121 Å². The number of benzene rings is 2. The van der Waals surface area contributed by atoms with Crippen molar-refractivity contribution in [1.29, 1.82) is 0 Å². The molecule has 3 saturated carbocycles. The molecule has 0 N–H and O–H groups in total. The van der Waals surface area contributed by atoms with Gasteiger partial charge in [0.2, 0.25) is 0 Å². The van der Waals surface area contributed by atoms with Crippen LogP contribution in [0.2, 0.25) is 5.02 Å². The van der Waals surface area contributed by atoms with Gasteiger partial charge in [0.15, 0.2) is 25.5 Å². The Labute approximate surface area is 375 Å². The molecule has 19 heteroatoms. The first-order chi connectivity index (χ1) is 30.3. The third-order valence-corrected chi connectivity index (χ3v) is 17.8. The SMILES string of the molecule is Cn1nc(CS(=O)(=O)CC2CC2)c2c(Cl)ccc(-c3ccc(C#CC(C)(C)S(=O)(=O)C4CC4)nc3[C@@H](CC(=O)Cn3cc(C(F)(F)F)c4c3C(F)(F)[C@@H]3C[C@H]43)Cc3cc(F)cc(F)c3)c21. The van der Waals surface area contributed by atoms with Crippen LogP contribution in [0.4, 0.5) is 30.7 Å². The summed E-state index contributed by atoms with van der Waals surface area (Å²) in [6, 6.07) is 8.93. The molecule has 3 fully saturated rings. The van der Waals surface area contributed by atoms with Gasteiger partial charge in [-0.05, 0) is 112 Å². The predicted octanol–water partition coefficient (Wildman–Crippen LogP) is 9.61. The number of ketones is 1. The molecular weight excluding hydrogens is 921 g/mol. The minimum atomic E-state index is -4.97. The molecule has 0 bridgehead atoms. The van der Waals surface area contributed by atoms with E-state index in [1.807, 2.05) is 0 Å². The van der Waals surface area contributed by atoms with Gasteiger partial charge in [-0.1, -0.05) is 23.6 Å². The number of carbonyl (C=O) groups is 1. The zero-order valence-electron chi connectivity index (χ0n) is 35.2. The lowest BCUT2D eigenvalue weighted by Gasteiger charge is -2.22. The molecule has 344 valence electrons. The number of Topliss-reactive ketones (excluding diaryl/α,β-unsaturated/α-hetero) is 1. The summed E-state index contributed by atoms with van der Waals surface area (Å²) in [5.74, 6) is -4.48. The third-order valence-electron chi connectivity index (χ3n) is 12.9. The van der Waals surface area contributed by atoms with Gasteiger partial charge in [-0.2, -0.15) is 27.1 Å². The van der Waals surface area contributed by atoms with Crippen LogP contribution in [0, 0.1) is 35.3 Å². The Morgan fingerprint density at radius 3 is 2.31 bits per heavy atom. The van der Waals surface area contributed by atoms with Crippen molar-refractivity contribution in [3.63, 3.8) is 0 Å². The second-order valence-electron chi connectivity index (χ2n) is 18.4. The quantitative estimate of drug-likeness (QED) is 0.0803. The molecule has 3 atom stereocenters. The zero-order valence-corrected chi connectivity index (χ0v) is 37.6. The Hall–Kier alpha value is -4.73. The molecule has 65 heavy (non-hydrogen) atoms. The van der Waals surface area contributed by atoms with Gasteiger partial charge in [-0.25, -0.2) is 30.6 Å². The number of aryl methyl sites for hydroxylation is 1. The van der Waals surface area contributed by atoms with Crippen molar-refractivity contribution in [2.24, 2.45) is 18.9 Å². The van der Waals surface area contributed by atoms with E-state index in [0.717, 1.165) is 25.0 Å². The summed E-state index contributed by atoms with van der Waals surface area (Å²) < 4.78 is 157. The fraction of sp³-hybridized carbons (Fsp3) is 0.457. The number of aromatic nitrogens is 4. The van der Waals surface area contributed by atoms with Crippen molar-refractivity contribution in [2.75, 3.05) is 5.75 Å². The fourth-order valence-corrected chi connectivity index (χ4v) is 13.3. The van der Waals surface area contributed by atoms with Crippen LogP contribution >= 0.6 is 11.6 Å². The van der Waals surface area contributed by atoms with Gasteiger partial charge in [-0.3, -0.25) is 9.48 Å². The Balaban J connectivity index is 1.19. The molecule has 3 heterocycles. The van der Waals surface area contributed by atoms with Crippen LogP contribution in [0.1, 0.15) is 104 Å². The summed E-state index contributed by atoms with van der Waals surface area (Å²) in [6.45, 7) is 2.04. The number of pyridine rings is 1. The number of nitrogens with zero attached hydrogens (tertiary/aromatic N) is 4. The lowest BCUT2D eigenvalue weighted by molar-refractivity contribution is -0.138. The van der Waals surface area contributed by atoms with E-state index in [0.29, 0.717) is 51.7 Å². The van der Waals surface area contributed by atoms with Crippen molar-refractivity contribution in [3.05, 3.63) is 105 Å². The van der Waals surface area contributed by atoms with E-state index in [-0.39, 0.29) is 52.2 Å². The van der Waals surface area contributed by atoms with E-state index in [1.165, 1.54) is 30.7 Å². The maximum Gasteiger partial charge on any atom is 0.418 e. The predicted molar refractivity (Wildman–Crippen MR) is 229 cm³/mol. The highest BCUT2D eigenvalue weighted by molar-refractivity contribution is 7.93. The Kier molecular flexibility index (Phi) is 11.0. The Bertz CT molecular complexity index is 3090. The van der Waals surface area contributed by atoms with E-state index in [1.54, 1.807) is 19.2 Å². The van der Waals surface area contributed by atoms with Gasteiger partial charge in [0.25, 0.3) is 5.92 Å². The Morgan fingerprint density at radius 2 is 1.66 bits per heavy atom. The smallest absolute Gasteiger partial charge is 0.338 e. The molecule has 4 aliphatic carbocycles. The molecule has 0 spiro atoms. The summed E-state index contributed by atoms with van der Waals surface area (Å²) in [5, 5.41) is 4.51. The standard InChI is InChI=1S/C46H42ClF7N4O5S2/c1-44(2,65(62,63)31-7-8-31)13-12-29-6-9-32(33-10-11-37(47)40-38(56-57(3)42(33)40)23-64(60,61)22-24-4-5-24)41(55-29)26(14-25-15-27(48)18-28(49)16-25)17-30(59)20-58-21-36(46(52,53)54)39-34-19-35(34)45(50,51)43(39)58/h6,9-11,15-16,18,21,24,26,31,34-35H,4-5,7-8,14,17,19-20,22-23H2,1-3H3/t26-,34+,35-/m1/s1. The summed E-state index contributed by atoms with van der Waals surface area (Å²) >= 11 is 6.77. The first-order valence-corrected chi connectivity index (χ1v) is 24.9. The molecule has 4 aliphatic rings. The number of alkyl halides is 5. The van der Waals surface area contributed by atoms with Crippen molar-refractivity contribution >= 4 is 48.0 Å². The van der Waals surface area contributed by atoms with Gasteiger partial charge in [0.1, 0.15) is 22.1 Å². The van der Waals surface area contributed by atoms with E-state index in [4.69, 9.17) is 16.6 Å². The van der Waals surface area contributed by atoms with E-state index < -0.39 is 112 Å². The maximum atomic E-state index is 15.6. The van der Waals surface area contributed by atoms with Gasteiger partial charge in [0, 0.05) is 54.1 Å². The van der Waals surface area contributed by atoms with Crippen molar-refractivity contribution in [1.82, 2.24) is 19.3 Å². The molecule has 5 aromatic rings. The average molecular weight is 963 g/mol. The number of hydrogen-bond acceptors (Lipinski definition) is 7. The van der Waals surface area contributed by atoms with Crippen LogP contribution in [-0.4, -0.2) is 57.7 Å². The van der Waals surface area contributed by atoms with Crippen molar-refractivity contribution < 1.29 is 52.4 Å². The second kappa shape index (κ2) is 15.7. The highest BCUT2D eigenvalue weighted by Crippen LogP contribution is 2.69. The van der Waals surface area contributed by atoms with Crippen LogP contribution < -0.4 is 0 Å². The van der Waals surface area contributed by atoms with Crippen LogP contribution in [0.15, 0.2) is 48.7 Å². The van der Waals surface area contributed by atoms with Gasteiger partial charge in [0.05, 0.1) is 56.5 Å². The molecule has 9 rings (SSSR count). The van der Waals surface area contributed by atoms with Gasteiger partial charge < -0.3 is 4.57 Å². The number of halogens is 8. The summed E-state index contributed by atoms with van der Waals surface area (Å²) in [5.41, 5.74) is -1.24. The lowest BCUT2D eigenvalue weighted by atomic mass is 9.86. The molecule has 0 aliphatic heterocycles. The second-order valence-corrected chi connectivity index (χ2v) is 23.7. The van der Waals surface area contributed by atoms with E-state index in [9.17, 15) is 43.6 Å². The van der Waals surface area contributed by atoms with Crippen molar-refractivity contribution in [3.8, 4) is 23.0 Å². The number of hydrogen-bond donors (Lipinski definition) is 0. The van der Waals surface area contributed by atoms with Crippen molar-refractivity contribution in [2.45, 2.75) is 105 Å². The van der Waals surface area contributed by atoms with Crippen LogP contribution in [-0.2, 0) is 62.3 Å². The molecule has 9 nitrogen and oxygen atoms in total. The molecule has 2 aromatic carbocycles. The maximum absolute atomic E-state index is 15.6. The normalized spacial score (nSPS) is 19.7. The number of fused-ring (bicyclic) bond motifs is 4. The third kappa shape index (κ3) is 8.61. The summed E-state index contributed by atoms with van der Waals surface area (Å²) in [7, 11) is -5.72.